The Balaban J connectivity index is 1.64. The van der Waals surface area contributed by atoms with Crippen LogP contribution in [-0.2, 0) is 16.1 Å². The molecule has 0 saturated heterocycles. The quantitative estimate of drug-likeness (QED) is 0.515. The van der Waals surface area contributed by atoms with Crippen molar-refractivity contribution in [1.29, 1.82) is 0 Å². The molecular formula is C25H28N4O3. The highest BCUT2D eigenvalue weighted by molar-refractivity contribution is 5.92. The van der Waals surface area contributed by atoms with Crippen molar-refractivity contribution in [3.63, 3.8) is 0 Å². The number of benzene rings is 2. The Bertz CT molecular complexity index is 1120. The molecule has 32 heavy (non-hydrogen) atoms. The normalized spacial score (nSPS) is 15.2. The number of rotatable bonds is 8. The molecule has 0 radical (unpaired) electrons. The highest BCUT2D eigenvalue weighted by atomic mass is 16.5. The van der Waals surface area contributed by atoms with E-state index in [0.717, 1.165) is 35.4 Å². The molecule has 3 aromatic rings. The van der Waals surface area contributed by atoms with E-state index in [0.29, 0.717) is 24.7 Å². The van der Waals surface area contributed by atoms with Gasteiger partial charge in [0.1, 0.15) is 24.7 Å². The first kappa shape index (κ1) is 21.6. The summed E-state index contributed by atoms with van der Waals surface area (Å²) >= 11 is 0. The summed E-state index contributed by atoms with van der Waals surface area (Å²) in [4.78, 5) is 17.3. The summed E-state index contributed by atoms with van der Waals surface area (Å²) in [6.07, 6.45) is 3.10. The molecule has 1 aliphatic heterocycles. The van der Waals surface area contributed by atoms with E-state index in [1.54, 1.807) is 4.68 Å². The molecule has 2 heterocycles. The van der Waals surface area contributed by atoms with Crippen LogP contribution >= 0.6 is 0 Å². The number of carbonyl (C=O) groups excluding carboxylic acids is 1. The largest absolute Gasteiger partial charge is 0.489 e. The van der Waals surface area contributed by atoms with Crippen LogP contribution in [0, 0.1) is 6.92 Å². The molecule has 0 fully saturated rings. The van der Waals surface area contributed by atoms with E-state index < -0.39 is 6.04 Å². The smallest absolute Gasteiger partial charge is 0.338 e. The van der Waals surface area contributed by atoms with E-state index >= 15 is 0 Å². The maximum Gasteiger partial charge on any atom is 0.338 e. The zero-order valence-corrected chi connectivity index (χ0v) is 18.7. The Hall–Kier alpha value is -3.61. The molecule has 2 aromatic carbocycles. The third-order valence-electron chi connectivity index (χ3n) is 5.53. The molecule has 7 nitrogen and oxygen atoms in total. The first-order chi connectivity index (χ1) is 15.6. The lowest BCUT2D eigenvalue weighted by Crippen LogP contribution is -2.30. The monoisotopic (exact) mass is 432 g/mol. The van der Waals surface area contributed by atoms with Gasteiger partial charge in [-0.25, -0.2) is 9.48 Å². The van der Waals surface area contributed by atoms with E-state index in [2.05, 4.69) is 41.4 Å². The Kier molecular flexibility index (Phi) is 6.54. The Labute approximate surface area is 188 Å². The molecule has 0 bridgehead atoms. The second kappa shape index (κ2) is 9.68. The number of carbonyl (C=O) groups is 1. The third-order valence-corrected chi connectivity index (χ3v) is 5.53. The highest BCUT2D eigenvalue weighted by Gasteiger charge is 2.35. The summed E-state index contributed by atoms with van der Waals surface area (Å²) < 4.78 is 13.1. The van der Waals surface area contributed by atoms with Crippen LogP contribution < -0.4 is 10.1 Å². The van der Waals surface area contributed by atoms with Crippen LogP contribution in [0.1, 0.15) is 49.4 Å². The van der Waals surface area contributed by atoms with Gasteiger partial charge in [0.05, 0.1) is 12.2 Å². The molecule has 166 valence electrons. The maximum absolute atomic E-state index is 13.0. The lowest BCUT2D eigenvalue weighted by atomic mass is 9.94. The van der Waals surface area contributed by atoms with E-state index in [1.165, 1.54) is 11.9 Å². The van der Waals surface area contributed by atoms with Gasteiger partial charge in [-0.2, -0.15) is 10.1 Å². The van der Waals surface area contributed by atoms with Gasteiger partial charge in [0, 0.05) is 5.70 Å². The molecule has 0 aliphatic carbocycles. The van der Waals surface area contributed by atoms with Crippen LogP contribution in [0.4, 0.5) is 5.95 Å². The second-order valence-electron chi connectivity index (χ2n) is 7.70. The van der Waals surface area contributed by atoms with Gasteiger partial charge in [0.15, 0.2) is 0 Å². The van der Waals surface area contributed by atoms with Gasteiger partial charge in [0.2, 0.25) is 5.95 Å². The van der Waals surface area contributed by atoms with Crippen molar-refractivity contribution < 1.29 is 14.3 Å². The van der Waals surface area contributed by atoms with Crippen molar-refractivity contribution >= 4 is 11.9 Å². The van der Waals surface area contributed by atoms with Crippen LogP contribution in [0.5, 0.6) is 5.75 Å². The fourth-order valence-electron chi connectivity index (χ4n) is 3.90. The Morgan fingerprint density at radius 3 is 2.62 bits per heavy atom. The number of aryl methyl sites for hydroxylation is 1. The van der Waals surface area contributed by atoms with Crippen LogP contribution in [0.25, 0.3) is 0 Å². The van der Waals surface area contributed by atoms with Crippen molar-refractivity contribution in [2.75, 3.05) is 11.9 Å². The molecule has 1 aromatic heterocycles. The fraction of sp³-hybridized carbons (Fsp3) is 0.320. The summed E-state index contributed by atoms with van der Waals surface area (Å²) in [6, 6.07) is 15.5. The Morgan fingerprint density at radius 2 is 1.91 bits per heavy atom. The first-order valence-electron chi connectivity index (χ1n) is 11.0. The van der Waals surface area contributed by atoms with Crippen LogP contribution in [0.2, 0.25) is 0 Å². The lowest BCUT2D eigenvalue weighted by molar-refractivity contribution is -0.139. The maximum atomic E-state index is 13.0. The molecule has 1 N–H and O–H groups in total. The van der Waals surface area contributed by atoms with Gasteiger partial charge >= 0.3 is 5.97 Å². The number of hydrogen-bond donors (Lipinski definition) is 1. The Morgan fingerprint density at radius 1 is 1.12 bits per heavy atom. The summed E-state index contributed by atoms with van der Waals surface area (Å²) in [5.74, 6) is 1.04. The van der Waals surface area contributed by atoms with Crippen LogP contribution in [0.15, 0.2) is 66.1 Å². The molecule has 1 aliphatic rings. The minimum atomic E-state index is -0.417. The van der Waals surface area contributed by atoms with Crippen molar-refractivity contribution in [2.45, 2.75) is 46.3 Å². The van der Waals surface area contributed by atoms with E-state index in [1.807, 2.05) is 43.3 Å². The van der Waals surface area contributed by atoms with Crippen LogP contribution in [-0.4, -0.2) is 27.3 Å². The minimum Gasteiger partial charge on any atom is -0.489 e. The molecule has 0 spiro atoms. The summed E-state index contributed by atoms with van der Waals surface area (Å²) in [6.45, 7) is 6.77. The molecule has 0 amide bonds. The topological polar surface area (TPSA) is 78.3 Å². The highest BCUT2D eigenvalue weighted by Crippen LogP contribution is 2.37. The van der Waals surface area contributed by atoms with Gasteiger partial charge in [-0.1, -0.05) is 49.7 Å². The number of esters is 1. The molecular weight excluding hydrogens is 404 g/mol. The van der Waals surface area contributed by atoms with E-state index in [-0.39, 0.29) is 5.97 Å². The molecule has 7 heteroatoms. The summed E-state index contributed by atoms with van der Waals surface area (Å²) in [5, 5.41) is 7.65. The summed E-state index contributed by atoms with van der Waals surface area (Å²) in [7, 11) is 0. The number of nitrogens with one attached hydrogen (secondary N) is 1. The predicted molar refractivity (Wildman–Crippen MR) is 122 cm³/mol. The van der Waals surface area contributed by atoms with E-state index in [4.69, 9.17) is 9.47 Å². The first-order valence-corrected chi connectivity index (χ1v) is 11.0. The fourth-order valence-corrected chi connectivity index (χ4v) is 3.90. The van der Waals surface area contributed by atoms with Crippen molar-refractivity contribution in [2.24, 2.45) is 0 Å². The number of hydrogen-bond acceptors (Lipinski definition) is 6. The number of nitrogens with zero attached hydrogens (tertiary/aromatic N) is 3. The predicted octanol–water partition coefficient (Wildman–Crippen LogP) is 4.80. The zero-order chi connectivity index (χ0) is 22.5. The zero-order valence-electron chi connectivity index (χ0n) is 18.7. The average Bonchev–Trinajstić information content (AvgIpc) is 3.27. The number of allylic oxidation sites excluding steroid dienone is 1. The van der Waals surface area contributed by atoms with Crippen molar-refractivity contribution in [1.82, 2.24) is 14.8 Å². The third kappa shape index (κ3) is 4.37. The van der Waals surface area contributed by atoms with E-state index in [9.17, 15) is 4.79 Å². The number of fused-ring (bicyclic) bond motifs is 1. The molecule has 0 unspecified atom stereocenters. The lowest BCUT2D eigenvalue weighted by Gasteiger charge is -2.29. The van der Waals surface area contributed by atoms with Gasteiger partial charge < -0.3 is 14.8 Å². The summed E-state index contributed by atoms with van der Waals surface area (Å²) in [5.41, 5.74) is 4.67. The second-order valence-corrected chi connectivity index (χ2v) is 7.70. The van der Waals surface area contributed by atoms with Gasteiger partial charge in [-0.3, -0.25) is 0 Å². The molecule has 4 rings (SSSR count). The van der Waals surface area contributed by atoms with Gasteiger partial charge in [-0.05, 0) is 49.1 Å². The SMILES string of the molecule is CCCC1=C(C(=O)OCC)[C@H](c2ccc(OCc3ccccc3C)cc2)n2ncnc2N1. The standard InChI is InChI=1S/C25H28N4O3/c1-4-8-21-22(24(30)31-5-2)23(29-25(28-21)26-16-27-29)18-11-13-20(14-12-18)32-15-19-10-7-6-9-17(19)3/h6-7,9-14,16,23H,4-5,8,15H2,1-3H3,(H,26,27,28)/t23-/m0/s1. The van der Waals surface area contributed by atoms with Crippen molar-refractivity contribution in [3.8, 4) is 5.75 Å². The van der Waals surface area contributed by atoms with Gasteiger partial charge in [0.25, 0.3) is 0 Å². The minimum absolute atomic E-state index is 0.310. The van der Waals surface area contributed by atoms with Gasteiger partial charge in [-0.15, -0.1) is 0 Å². The molecule has 1 atom stereocenters. The average molecular weight is 433 g/mol. The van der Waals surface area contributed by atoms with Crippen LogP contribution in [0.3, 0.4) is 0 Å². The van der Waals surface area contributed by atoms with Crippen molar-refractivity contribution in [3.05, 3.63) is 82.8 Å². The number of anilines is 1. The number of ether oxygens (including phenoxy) is 2. The number of aromatic nitrogens is 3. The molecule has 0 saturated carbocycles.